The highest BCUT2D eigenvalue weighted by Gasteiger charge is 2.25. The lowest BCUT2D eigenvalue weighted by atomic mass is 9.89. The van der Waals surface area contributed by atoms with Crippen LogP contribution in [0.3, 0.4) is 0 Å². The van der Waals surface area contributed by atoms with Crippen molar-refractivity contribution in [3.63, 3.8) is 0 Å². The number of aromatic nitrogens is 3. The quantitative estimate of drug-likeness (QED) is 0.599. The molecule has 0 spiro atoms. The third-order valence-corrected chi connectivity index (χ3v) is 5.21. The molecule has 1 heterocycles. The Morgan fingerprint density at radius 3 is 2.50 bits per heavy atom. The lowest BCUT2D eigenvalue weighted by Crippen LogP contribution is -2.48. The minimum atomic E-state index is 0.0679. The average molecular weight is 365 g/mol. The molecule has 1 aromatic rings. The summed E-state index contributed by atoms with van der Waals surface area (Å²) in [5.74, 6) is 2.60. The van der Waals surface area contributed by atoms with E-state index in [1.165, 1.54) is 32.1 Å². The summed E-state index contributed by atoms with van der Waals surface area (Å²) >= 11 is 0. The van der Waals surface area contributed by atoms with Crippen LogP contribution < -0.4 is 10.6 Å². The summed E-state index contributed by atoms with van der Waals surface area (Å²) in [6.07, 6.45) is 6.43. The Kier molecular flexibility index (Phi) is 7.43. The largest absolute Gasteiger partial charge is 0.379 e. The van der Waals surface area contributed by atoms with Gasteiger partial charge in [-0.15, -0.1) is 10.2 Å². The molecule has 0 radical (unpaired) electrons. The van der Waals surface area contributed by atoms with Crippen LogP contribution in [0, 0.1) is 12.3 Å². The summed E-state index contributed by atoms with van der Waals surface area (Å²) in [4.78, 5) is 4.77. The summed E-state index contributed by atoms with van der Waals surface area (Å²) in [7, 11) is 3.74. The van der Waals surface area contributed by atoms with E-state index in [4.69, 9.17) is 9.73 Å². The molecular weight excluding hydrogens is 328 g/mol. The topological polar surface area (TPSA) is 76.4 Å². The van der Waals surface area contributed by atoms with Crippen molar-refractivity contribution in [1.82, 2.24) is 25.4 Å². The van der Waals surface area contributed by atoms with Gasteiger partial charge in [-0.25, -0.2) is 4.99 Å². The van der Waals surface area contributed by atoms with E-state index >= 15 is 0 Å². The fourth-order valence-electron chi connectivity index (χ4n) is 3.26. The molecule has 7 nitrogen and oxygen atoms in total. The van der Waals surface area contributed by atoms with Crippen LogP contribution in [0.15, 0.2) is 4.99 Å². The summed E-state index contributed by atoms with van der Waals surface area (Å²) in [5.41, 5.74) is 0.0679. The molecule has 1 saturated carbocycles. The monoisotopic (exact) mass is 364 g/mol. The fourth-order valence-corrected chi connectivity index (χ4v) is 3.26. The maximum atomic E-state index is 5.67. The van der Waals surface area contributed by atoms with Gasteiger partial charge in [0.1, 0.15) is 12.4 Å². The lowest BCUT2D eigenvalue weighted by Gasteiger charge is -2.31. The molecule has 1 aliphatic rings. The zero-order chi connectivity index (χ0) is 19.2. The number of nitrogens with one attached hydrogen (secondary N) is 2. The number of guanidine groups is 1. The van der Waals surface area contributed by atoms with Crippen LogP contribution >= 0.6 is 0 Å². The Bertz CT molecular complexity index is 583. The zero-order valence-corrected chi connectivity index (χ0v) is 17.3. The highest BCUT2D eigenvalue weighted by molar-refractivity contribution is 5.80. The van der Waals surface area contributed by atoms with E-state index in [0.29, 0.717) is 12.6 Å². The molecule has 148 valence electrons. The Morgan fingerprint density at radius 2 is 1.96 bits per heavy atom. The molecular formula is C19H36N6O. The van der Waals surface area contributed by atoms with Gasteiger partial charge in [-0.1, -0.05) is 40.0 Å². The van der Waals surface area contributed by atoms with Gasteiger partial charge in [0, 0.05) is 26.7 Å². The van der Waals surface area contributed by atoms with Crippen LogP contribution in [0.4, 0.5) is 0 Å². The third kappa shape index (κ3) is 5.97. The molecule has 1 aliphatic carbocycles. The van der Waals surface area contributed by atoms with Crippen molar-refractivity contribution in [3.8, 4) is 0 Å². The van der Waals surface area contributed by atoms with Crippen LogP contribution in [0.2, 0.25) is 0 Å². The first-order chi connectivity index (χ1) is 12.3. The van der Waals surface area contributed by atoms with E-state index in [2.05, 4.69) is 41.6 Å². The number of rotatable bonds is 6. The van der Waals surface area contributed by atoms with Crippen LogP contribution in [0.25, 0.3) is 0 Å². The van der Waals surface area contributed by atoms with Gasteiger partial charge < -0.3 is 19.9 Å². The summed E-state index contributed by atoms with van der Waals surface area (Å²) in [6.45, 7) is 9.75. The number of aryl methyl sites for hydroxylation is 1. The second kappa shape index (κ2) is 9.35. The molecule has 26 heavy (non-hydrogen) atoms. The van der Waals surface area contributed by atoms with Crippen LogP contribution in [-0.2, 0) is 18.3 Å². The van der Waals surface area contributed by atoms with Crippen molar-refractivity contribution in [2.24, 2.45) is 17.5 Å². The molecule has 1 fully saturated rings. The normalized spacial score (nSPS) is 18.0. The number of ether oxygens (including phenoxy) is 1. The zero-order valence-electron chi connectivity index (χ0n) is 17.3. The Balaban J connectivity index is 2.04. The molecule has 1 aromatic heterocycles. The van der Waals surface area contributed by atoms with E-state index in [1.807, 2.05) is 18.5 Å². The second-order valence-electron chi connectivity index (χ2n) is 8.34. The van der Waals surface area contributed by atoms with Crippen molar-refractivity contribution in [2.75, 3.05) is 13.7 Å². The number of methoxy groups -OCH3 is 1. The van der Waals surface area contributed by atoms with E-state index < -0.39 is 0 Å². The predicted octanol–water partition coefficient (Wildman–Crippen LogP) is 2.55. The lowest BCUT2D eigenvalue weighted by molar-refractivity contribution is 0.0205. The first kappa shape index (κ1) is 20.7. The summed E-state index contributed by atoms with van der Waals surface area (Å²) in [5, 5.41) is 15.4. The Hall–Kier alpha value is -1.63. The maximum Gasteiger partial charge on any atom is 0.192 e. The number of aliphatic imine (C=N–C) groups is 1. The van der Waals surface area contributed by atoms with Gasteiger partial charge in [0.05, 0.1) is 6.10 Å². The standard InChI is InChI=1S/C19H36N6O/c1-14-23-24-17(25(14)5)13-21-18(22-15-10-8-7-9-11-15)20-12-16(26-6)19(2,3)4/h15-16H,7-13H2,1-6H3,(H2,20,21,22). The molecule has 0 aromatic carbocycles. The van der Waals surface area contributed by atoms with Crippen molar-refractivity contribution >= 4 is 5.96 Å². The highest BCUT2D eigenvalue weighted by atomic mass is 16.5. The molecule has 0 aliphatic heterocycles. The molecule has 0 amide bonds. The molecule has 2 N–H and O–H groups in total. The van der Waals surface area contributed by atoms with Crippen LogP contribution in [-0.4, -0.2) is 46.5 Å². The molecule has 0 saturated heterocycles. The van der Waals surface area contributed by atoms with Gasteiger partial charge in [-0.05, 0) is 25.2 Å². The van der Waals surface area contributed by atoms with Crippen molar-refractivity contribution in [1.29, 1.82) is 0 Å². The molecule has 1 atom stereocenters. The molecule has 1 unspecified atom stereocenters. The number of nitrogens with zero attached hydrogens (tertiary/aromatic N) is 4. The number of hydrogen-bond donors (Lipinski definition) is 2. The second-order valence-corrected chi connectivity index (χ2v) is 8.34. The summed E-state index contributed by atoms with van der Waals surface area (Å²) in [6, 6.07) is 0.492. The van der Waals surface area contributed by atoms with Gasteiger partial charge in [0.2, 0.25) is 0 Å². The van der Waals surface area contributed by atoms with Crippen LogP contribution in [0.5, 0.6) is 0 Å². The van der Waals surface area contributed by atoms with Crippen molar-refractivity contribution in [2.45, 2.75) is 78.5 Å². The first-order valence-corrected chi connectivity index (χ1v) is 9.73. The minimum Gasteiger partial charge on any atom is -0.379 e. The number of hydrogen-bond acceptors (Lipinski definition) is 4. The van der Waals surface area contributed by atoms with E-state index in [0.717, 1.165) is 24.2 Å². The Labute approximate surface area is 158 Å². The third-order valence-electron chi connectivity index (χ3n) is 5.21. The van der Waals surface area contributed by atoms with Gasteiger partial charge in [-0.2, -0.15) is 0 Å². The van der Waals surface area contributed by atoms with Gasteiger partial charge in [0.25, 0.3) is 0 Å². The smallest absolute Gasteiger partial charge is 0.192 e. The summed E-state index contributed by atoms with van der Waals surface area (Å²) < 4.78 is 7.65. The highest BCUT2D eigenvalue weighted by Crippen LogP contribution is 2.21. The van der Waals surface area contributed by atoms with E-state index in [1.54, 1.807) is 7.11 Å². The predicted molar refractivity (Wildman–Crippen MR) is 105 cm³/mol. The molecule has 2 rings (SSSR count). The van der Waals surface area contributed by atoms with Crippen molar-refractivity contribution in [3.05, 3.63) is 11.6 Å². The van der Waals surface area contributed by atoms with Gasteiger partial charge >= 0.3 is 0 Å². The average Bonchev–Trinajstić information content (AvgIpc) is 2.91. The SMILES string of the molecule is COC(CNC(=NCc1nnc(C)n1C)NC1CCCCC1)C(C)(C)C. The molecule has 0 bridgehead atoms. The minimum absolute atomic E-state index is 0.0679. The van der Waals surface area contributed by atoms with Crippen molar-refractivity contribution < 1.29 is 4.74 Å². The molecule has 7 heteroatoms. The fraction of sp³-hybridized carbons (Fsp3) is 0.842. The van der Waals surface area contributed by atoms with Gasteiger partial charge in [-0.3, -0.25) is 0 Å². The maximum absolute atomic E-state index is 5.67. The Morgan fingerprint density at radius 1 is 1.27 bits per heavy atom. The first-order valence-electron chi connectivity index (χ1n) is 9.73. The van der Waals surface area contributed by atoms with E-state index in [9.17, 15) is 0 Å². The van der Waals surface area contributed by atoms with E-state index in [-0.39, 0.29) is 11.5 Å². The van der Waals surface area contributed by atoms with Crippen LogP contribution in [0.1, 0.15) is 64.5 Å². The van der Waals surface area contributed by atoms with Gasteiger partial charge in [0.15, 0.2) is 11.8 Å².